The highest BCUT2D eigenvalue weighted by Crippen LogP contribution is 2.24. The van der Waals surface area contributed by atoms with Crippen LogP contribution in [0.5, 0.6) is 0 Å². The summed E-state index contributed by atoms with van der Waals surface area (Å²) >= 11 is 1.10. The van der Waals surface area contributed by atoms with E-state index >= 15 is 0 Å². The van der Waals surface area contributed by atoms with Crippen LogP contribution < -0.4 is 10.0 Å². The lowest BCUT2D eigenvalue weighted by atomic mass is 10.3. The lowest BCUT2D eigenvalue weighted by Crippen LogP contribution is -2.21. The number of hydrogen-bond donors (Lipinski definition) is 2. The van der Waals surface area contributed by atoms with Crippen LogP contribution >= 0.6 is 11.3 Å². The van der Waals surface area contributed by atoms with Gasteiger partial charge in [0.25, 0.3) is 10.0 Å². The minimum absolute atomic E-state index is 0.111. The number of hydrogen-bond acceptors (Lipinski definition) is 5. The quantitative estimate of drug-likeness (QED) is 0.854. The molecule has 0 saturated carbocycles. The standard InChI is InChI=1S/C13H16FN3O2S2/c1-9(2)16-6-10-5-13(20-8-10)21(18,19)17-12-3-4-15-7-11(12)14/h3-5,7-9,16H,6H2,1-2H3,(H,15,17). The Bertz CT molecular complexity index is 714. The van der Waals surface area contributed by atoms with Gasteiger partial charge < -0.3 is 5.32 Å². The van der Waals surface area contributed by atoms with Crippen LogP contribution in [-0.4, -0.2) is 19.4 Å². The minimum atomic E-state index is -3.78. The molecule has 2 rings (SSSR count). The summed E-state index contributed by atoms with van der Waals surface area (Å²) in [7, 11) is -3.78. The monoisotopic (exact) mass is 329 g/mol. The van der Waals surface area contributed by atoms with Crippen molar-refractivity contribution < 1.29 is 12.8 Å². The lowest BCUT2D eigenvalue weighted by molar-refractivity contribution is 0.588. The van der Waals surface area contributed by atoms with Crippen molar-refractivity contribution in [3.8, 4) is 0 Å². The average Bonchev–Trinajstić information content (AvgIpc) is 2.88. The van der Waals surface area contributed by atoms with E-state index < -0.39 is 15.8 Å². The Balaban J connectivity index is 2.15. The Kier molecular flexibility index (Phi) is 4.92. The fraction of sp³-hybridized carbons (Fsp3) is 0.308. The summed E-state index contributed by atoms with van der Waals surface area (Å²) in [5, 5.41) is 4.98. The largest absolute Gasteiger partial charge is 0.310 e. The van der Waals surface area contributed by atoms with Crippen molar-refractivity contribution in [3.05, 3.63) is 41.3 Å². The second-order valence-electron chi connectivity index (χ2n) is 4.77. The van der Waals surface area contributed by atoms with Crippen LogP contribution in [0.3, 0.4) is 0 Å². The van der Waals surface area contributed by atoms with Gasteiger partial charge in [-0.2, -0.15) is 0 Å². The van der Waals surface area contributed by atoms with Gasteiger partial charge in [0.05, 0.1) is 11.9 Å². The number of nitrogens with one attached hydrogen (secondary N) is 2. The number of rotatable bonds is 6. The Hall–Kier alpha value is -1.51. The molecular weight excluding hydrogens is 313 g/mol. The predicted octanol–water partition coefficient (Wildman–Crippen LogP) is 2.58. The molecule has 0 fully saturated rings. The van der Waals surface area contributed by atoms with E-state index in [1.54, 1.807) is 11.4 Å². The molecule has 8 heteroatoms. The Morgan fingerprint density at radius 3 is 2.86 bits per heavy atom. The predicted molar refractivity (Wildman–Crippen MR) is 81.3 cm³/mol. The molecule has 0 atom stereocenters. The van der Waals surface area contributed by atoms with E-state index in [1.165, 1.54) is 12.3 Å². The third kappa shape index (κ3) is 4.23. The molecule has 21 heavy (non-hydrogen) atoms. The summed E-state index contributed by atoms with van der Waals surface area (Å²) in [4.78, 5) is 3.58. The first-order valence-electron chi connectivity index (χ1n) is 6.31. The van der Waals surface area contributed by atoms with E-state index in [0.717, 1.165) is 23.1 Å². The third-order valence-corrected chi connectivity index (χ3v) is 5.48. The van der Waals surface area contributed by atoms with Crippen molar-refractivity contribution in [3.63, 3.8) is 0 Å². The van der Waals surface area contributed by atoms with Crippen molar-refractivity contribution >= 4 is 27.0 Å². The molecule has 0 aromatic carbocycles. The molecule has 0 bridgehead atoms. The zero-order chi connectivity index (χ0) is 15.5. The fourth-order valence-electron chi connectivity index (χ4n) is 1.56. The molecule has 0 amide bonds. The van der Waals surface area contributed by atoms with Gasteiger partial charge in [-0.05, 0) is 23.1 Å². The maximum atomic E-state index is 13.5. The molecule has 0 unspecified atom stereocenters. The first kappa shape index (κ1) is 15.9. The molecule has 2 aromatic rings. The molecule has 0 aliphatic heterocycles. The van der Waals surface area contributed by atoms with Gasteiger partial charge in [-0.25, -0.2) is 12.8 Å². The van der Waals surface area contributed by atoms with Gasteiger partial charge in [0.1, 0.15) is 4.21 Å². The van der Waals surface area contributed by atoms with Crippen LogP contribution in [0.2, 0.25) is 0 Å². The van der Waals surface area contributed by atoms with Crippen LogP contribution in [0.4, 0.5) is 10.1 Å². The van der Waals surface area contributed by atoms with E-state index in [1.807, 2.05) is 13.8 Å². The maximum Gasteiger partial charge on any atom is 0.271 e. The second kappa shape index (κ2) is 6.50. The summed E-state index contributed by atoms with van der Waals surface area (Å²) < 4.78 is 40.2. The number of aromatic nitrogens is 1. The molecule has 5 nitrogen and oxygen atoms in total. The highest BCUT2D eigenvalue weighted by molar-refractivity contribution is 7.94. The zero-order valence-electron chi connectivity index (χ0n) is 11.6. The van der Waals surface area contributed by atoms with Gasteiger partial charge in [-0.15, -0.1) is 11.3 Å². The average molecular weight is 329 g/mol. The number of thiophene rings is 1. The maximum absolute atomic E-state index is 13.5. The van der Waals surface area contributed by atoms with Crippen LogP contribution in [-0.2, 0) is 16.6 Å². The highest BCUT2D eigenvalue weighted by atomic mass is 32.2. The Morgan fingerprint density at radius 1 is 1.43 bits per heavy atom. The summed E-state index contributed by atoms with van der Waals surface area (Å²) in [5.74, 6) is -0.709. The Morgan fingerprint density at radius 2 is 2.19 bits per heavy atom. The summed E-state index contributed by atoms with van der Waals surface area (Å²) in [6.07, 6.45) is 2.29. The molecule has 0 radical (unpaired) electrons. The number of halogens is 1. The molecule has 2 aromatic heterocycles. The molecular formula is C13H16FN3O2S2. The third-order valence-electron chi connectivity index (χ3n) is 2.63. The number of nitrogens with zero attached hydrogens (tertiary/aromatic N) is 1. The highest BCUT2D eigenvalue weighted by Gasteiger charge is 2.18. The van der Waals surface area contributed by atoms with Crippen LogP contribution in [0.25, 0.3) is 0 Å². The fourth-order valence-corrected chi connectivity index (χ4v) is 3.84. The summed E-state index contributed by atoms with van der Waals surface area (Å²) in [6.45, 7) is 4.61. The smallest absolute Gasteiger partial charge is 0.271 e. The second-order valence-corrected chi connectivity index (χ2v) is 7.59. The molecule has 2 heterocycles. The van der Waals surface area contributed by atoms with Gasteiger partial charge >= 0.3 is 0 Å². The molecule has 0 aliphatic rings. The zero-order valence-corrected chi connectivity index (χ0v) is 13.3. The van der Waals surface area contributed by atoms with Gasteiger partial charge in [0.15, 0.2) is 5.82 Å². The number of anilines is 1. The number of pyridine rings is 1. The van der Waals surface area contributed by atoms with Gasteiger partial charge in [0.2, 0.25) is 0 Å². The van der Waals surface area contributed by atoms with Crippen molar-refractivity contribution in [2.45, 2.75) is 30.6 Å². The van der Waals surface area contributed by atoms with E-state index in [9.17, 15) is 12.8 Å². The Labute approximate surface area is 127 Å². The van der Waals surface area contributed by atoms with Gasteiger partial charge in [0, 0.05) is 18.8 Å². The van der Waals surface area contributed by atoms with Crippen LogP contribution in [0.1, 0.15) is 19.4 Å². The first-order chi connectivity index (χ1) is 9.88. The molecule has 0 aliphatic carbocycles. The van der Waals surface area contributed by atoms with Crippen LogP contribution in [0.15, 0.2) is 34.1 Å². The molecule has 0 saturated heterocycles. The normalized spacial score (nSPS) is 11.8. The van der Waals surface area contributed by atoms with Crippen LogP contribution in [0, 0.1) is 5.82 Å². The van der Waals surface area contributed by atoms with E-state index in [4.69, 9.17) is 0 Å². The van der Waals surface area contributed by atoms with Crippen molar-refractivity contribution in [2.24, 2.45) is 0 Å². The van der Waals surface area contributed by atoms with Gasteiger partial charge in [-0.1, -0.05) is 13.8 Å². The number of sulfonamides is 1. The molecule has 0 spiro atoms. The van der Waals surface area contributed by atoms with E-state index in [-0.39, 0.29) is 9.90 Å². The van der Waals surface area contributed by atoms with Crippen molar-refractivity contribution in [1.29, 1.82) is 0 Å². The van der Waals surface area contributed by atoms with E-state index in [2.05, 4.69) is 15.0 Å². The van der Waals surface area contributed by atoms with Crippen molar-refractivity contribution in [2.75, 3.05) is 4.72 Å². The minimum Gasteiger partial charge on any atom is -0.310 e. The SMILES string of the molecule is CC(C)NCc1csc(S(=O)(=O)Nc2ccncc2F)c1. The molecule has 114 valence electrons. The molecule has 2 N–H and O–H groups in total. The summed E-state index contributed by atoms with van der Waals surface area (Å²) in [6, 6.07) is 3.18. The van der Waals surface area contributed by atoms with Gasteiger partial charge in [-0.3, -0.25) is 9.71 Å². The lowest BCUT2D eigenvalue weighted by Gasteiger charge is -2.07. The topological polar surface area (TPSA) is 71.1 Å². The first-order valence-corrected chi connectivity index (χ1v) is 8.68. The van der Waals surface area contributed by atoms with Crippen molar-refractivity contribution in [1.82, 2.24) is 10.3 Å². The summed E-state index contributed by atoms with van der Waals surface area (Å²) in [5.41, 5.74) is 0.768. The van der Waals surface area contributed by atoms with E-state index in [0.29, 0.717) is 12.6 Å².